The number of hydrogen-bond acceptors (Lipinski definition) is 4. The standard InChI is InChI=1S/C12H20N2O2S2/c1-9(2)11-14-10(8-17-11)4-7-13-18(15,16)12(3)5-6-12/h8-9,13H,4-7H2,1-3H3. The molecule has 1 aliphatic carbocycles. The molecule has 102 valence electrons. The Morgan fingerprint density at radius 3 is 2.67 bits per heavy atom. The second kappa shape index (κ2) is 4.90. The molecule has 0 atom stereocenters. The predicted octanol–water partition coefficient (Wildman–Crippen LogP) is 2.28. The third-order valence-corrected chi connectivity index (χ3v) is 6.82. The summed E-state index contributed by atoms with van der Waals surface area (Å²) in [5.41, 5.74) is 0.979. The Morgan fingerprint density at radius 1 is 1.50 bits per heavy atom. The molecule has 0 saturated heterocycles. The molecular weight excluding hydrogens is 268 g/mol. The molecule has 0 amide bonds. The van der Waals surface area contributed by atoms with E-state index in [-0.39, 0.29) is 0 Å². The van der Waals surface area contributed by atoms with Gasteiger partial charge in [-0.25, -0.2) is 18.1 Å². The number of hydrogen-bond donors (Lipinski definition) is 1. The maximum absolute atomic E-state index is 11.9. The fourth-order valence-electron chi connectivity index (χ4n) is 1.64. The van der Waals surface area contributed by atoms with Crippen molar-refractivity contribution in [3.05, 3.63) is 16.1 Å². The highest BCUT2D eigenvalue weighted by Gasteiger charge is 2.49. The van der Waals surface area contributed by atoms with E-state index >= 15 is 0 Å². The van der Waals surface area contributed by atoms with E-state index in [4.69, 9.17) is 0 Å². The van der Waals surface area contributed by atoms with Crippen molar-refractivity contribution < 1.29 is 8.42 Å². The van der Waals surface area contributed by atoms with Crippen molar-refractivity contribution in [1.82, 2.24) is 9.71 Å². The van der Waals surface area contributed by atoms with E-state index in [2.05, 4.69) is 23.6 Å². The van der Waals surface area contributed by atoms with Gasteiger partial charge >= 0.3 is 0 Å². The zero-order valence-electron chi connectivity index (χ0n) is 11.1. The summed E-state index contributed by atoms with van der Waals surface area (Å²) in [6.07, 6.45) is 2.21. The number of aromatic nitrogens is 1. The van der Waals surface area contributed by atoms with Gasteiger partial charge in [-0.1, -0.05) is 13.8 Å². The van der Waals surface area contributed by atoms with Crippen LogP contribution in [0.25, 0.3) is 0 Å². The Hall–Kier alpha value is -0.460. The first-order valence-electron chi connectivity index (χ1n) is 6.27. The number of nitrogens with one attached hydrogen (secondary N) is 1. The summed E-state index contributed by atoms with van der Waals surface area (Å²) >= 11 is 1.65. The summed E-state index contributed by atoms with van der Waals surface area (Å²) in [5.74, 6) is 0.436. The zero-order valence-corrected chi connectivity index (χ0v) is 12.7. The first-order valence-corrected chi connectivity index (χ1v) is 8.64. The molecule has 1 N–H and O–H groups in total. The average Bonchev–Trinajstić information content (AvgIpc) is 2.88. The summed E-state index contributed by atoms with van der Waals surface area (Å²) in [5, 5.41) is 3.13. The van der Waals surface area contributed by atoms with Crippen LogP contribution in [0.5, 0.6) is 0 Å². The molecule has 6 heteroatoms. The zero-order chi connectivity index (χ0) is 13.4. The first kappa shape index (κ1) is 14.0. The van der Waals surface area contributed by atoms with Crippen molar-refractivity contribution in [3.63, 3.8) is 0 Å². The number of thiazole rings is 1. The predicted molar refractivity (Wildman–Crippen MR) is 74.5 cm³/mol. The van der Waals surface area contributed by atoms with E-state index in [0.717, 1.165) is 23.5 Å². The lowest BCUT2D eigenvalue weighted by Crippen LogP contribution is -2.35. The Bertz CT molecular complexity index is 516. The third-order valence-electron chi connectivity index (χ3n) is 3.34. The normalized spacial score (nSPS) is 18.2. The highest BCUT2D eigenvalue weighted by molar-refractivity contribution is 7.91. The second-order valence-electron chi connectivity index (χ2n) is 5.43. The van der Waals surface area contributed by atoms with Crippen LogP contribution in [0.15, 0.2) is 5.38 Å². The fourth-order valence-corrected chi connectivity index (χ4v) is 3.86. The first-order chi connectivity index (χ1) is 8.34. The Labute approximate surface area is 113 Å². The van der Waals surface area contributed by atoms with Gasteiger partial charge in [-0.2, -0.15) is 0 Å². The Morgan fingerprint density at radius 2 is 2.17 bits per heavy atom. The van der Waals surface area contributed by atoms with Gasteiger partial charge in [0, 0.05) is 24.3 Å². The van der Waals surface area contributed by atoms with Gasteiger partial charge < -0.3 is 0 Å². The van der Waals surface area contributed by atoms with Crippen molar-refractivity contribution in [2.75, 3.05) is 6.54 Å². The lowest BCUT2D eigenvalue weighted by atomic mass is 10.2. The van der Waals surface area contributed by atoms with E-state index in [1.54, 1.807) is 18.3 Å². The van der Waals surface area contributed by atoms with Crippen molar-refractivity contribution in [1.29, 1.82) is 0 Å². The van der Waals surface area contributed by atoms with Crippen molar-refractivity contribution in [2.24, 2.45) is 0 Å². The molecule has 0 aromatic carbocycles. The highest BCUT2D eigenvalue weighted by Crippen LogP contribution is 2.42. The highest BCUT2D eigenvalue weighted by atomic mass is 32.2. The number of sulfonamides is 1. The molecule has 0 unspecified atom stereocenters. The molecule has 0 aliphatic heterocycles. The number of nitrogens with zero attached hydrogens (tertiary/aromatic N) is 1. The smallest absolute Gasteiger partial charge is 0.217 e. The van der Waals surface area contributed by atoms with Crippen LogP contribution in [-0.2, 0) is 16.4 Å². The minimum absolute atomic E-state index is 0.436. The molecule has 18 heavy (non-hydrogen) atoms. The van der Waals surface area contributed by atoms with Crippen LogP contribution < -0.4 is 4.72 Å². The van der Waals surface area contributed by atoms with E-state index < -0.39 is 14.8 Å². The van der Waals surface area contributed by atoms with E-state index in [1.165, 1.54) is 0 Å². The van der Waals surface area contributed by atoms with E-state index in [0.29, 0.717) is 18.9 Å². The summed E-state index contributed by atoms with van der Waals surface area (Å²) < 4.78 is 25.9. The van der Waals surface area contributed by atoms with Crippen LogP contribution in [0.2, 0.25) is 0 Å². The lowest BCUT2D eigenvalue weighted by molar-refractivity contribution is 0.566. The van der Waals surface area contributed by atoms with Crippen LogP contribution in [0.4, 0.5) is 0 Å². The molecule has 4 nitrogen and oxygen atoms in total. The Balaban J connectivity index is 1.85. The molecule has 0 spiro atoms. The molecule has 0 radical (unpaired) electrons. The van der Waals surface area contributed by atoms with Gasteiger partial charge in [0.25, 0.3) is 0 Å². The van der Waals surface area contributed by atoms with Gasteiger partial charge in [-0.05, 0) is 19.8 Å². The Kier molecular flexibility index (Phi) is 3.80. The largest absolute Gasteiger partial charge is 0.246 e. The summed E-state index contributed by atoms with van der Waals surface area (Å²) in [4.78, 5) is 4.49. The molecule has 1 aromatic heterocycles. The van der Waals surface area contributed by atoms with Crippen molar-refractivity contribution >= 4 is 21.4 Å². The van der Waals surface area contributed by atoms with Crippen LogP contribution in [0.1, 0.15) is 50.2 Å². The summed E-state index contributed by atoms with van der Waals surface area (Å²) in [7, 11) is -3.14. The van der Waals surface area contributed by atoms with Gasteiger partial charge in [0.15, 0.2) is 0 Å². The van der Waals surface area contributed by atoms with Crippen LogP contribution in [-0.4, -0.2) is 24.7 Å². The van der Waals surface area contributed by atoms with Gasteiger partial charge in [0.05, 0.1) is 15.4 Å². The molecule has 1 aliphatic rings. The SMILES string of the molecule is CC(C)c1nc(CCNS(=O)(=O)C2(C)CC2)cs1. The molecule has 1 aromatic rings. The maximum Gasteiger partial charge on any atom is 0.217 e. The van der Waals surface area contributed by atoms with Gasteiger partial charge in [-0.3, -0.25) is 0 Å². The maximum atomic E-state index is 11.9. The van der Waals surface area contributed by atoms with E-state index in [9.17, 15) is 8.42 Å². The average molecular weight is 288 g/mol. The molecular formula is C12H20N2O2S2. The molecule has 1 saturated carbocycles. The minimum atomic E-state index is -3.14. The van der Waals surface area contributed by atoms with Gasteiger partial charge in [-0.15, -0.1) is 11.3 Å². The molecule has 0 bridgehead atoms. The third kappa shape index (κ3) is 2.92. The van der Waals surface area contributed by atoms with Crippen LogP contribution >= 0.6 is 11.3 Å². The monoisotopic (exact) mass is 288 g/mol. The van der Waals surface area contributed by atoms with Crippen molar-refractivity contribution in [3.8, 4) is 0 Å². The lowest BCUT2D eigenvalue weighted by Gasteiger charge is -2.11. The van der Waals surface area contributed by atoms with Crippen LogP contribution in [0, 0.1) is 0 Å². The summed E-state index contributed by atoms with van der Waals surface area (Å²) in [6.45, 7) is 6.47. The fraction of sp³-hybridized carbons (Fsp3) is 0.750. The van der Waals surface area contributed by atoms with Crippen LogP contribution in [0.3, 0.4) is 0 Å². The van der Waals surface area contributed by atoms with E-state index in [1.807, 2.05) is 5.38 Å². The van der Waals surface area contributed by atoms with Gasteiger partial charge in [0.2, 0.25) is 10.0 Å². The molecule has 1 fully saturated rings. The summed E-state index contributed by atoms with van der Waals surface area (Å²) in [6, 6.07) is 0. The molecule has 1 heterocycles. The minimum Gasteiger partial charge on any atom is -0.246 e. The topological polar surface area (TPSA) is 59.1 Å². The van der Waals surface area contributed by atoms with Crippen molar-refractivity contribution in [2.45, 2.75) is 50.7 Å². The quantitative estimate of drug-likeness (QED) is 0.873. The second-order valence-corrected chi connectivity index (χ2v) is 8.60. The van der Waals surface area contributed by atoms with Gasteiger partial charge in [0.1, 0.15) is 0 Å². The molecule has 2 rings (SSSR count). The number of rotatable bonds is 6.